The van der Waals surface area contributed by atoms with Gasteiger partial charge in [0.25, 0.3) is 0 Å². The number of phenolic OH excluding ortho intramolecular Hbond substituents is 3. The average molecular weight is 371 g/mol. The first-order chi connectivity index (χ1) is 12.8. The maximum Gasteiger partial charge on any atom is 0.238 e. The average Bonchev–Trinajstić information content (AvgIpc) is 2.57. The number of rotatable bonds is 4. The number of benzene rings is 2. The van der Waals surface area contributed by atoms with Crippen molar-refractivity contribution in [2.75, 3.05) is 6.54 Å². The molecule has 0 saturated heterocycles. The molecule has 0 atom stereocenters. The summed E-state index contributed by atoms with van der Waals surface area (Å²) in [6, 6.07) is 6.38. The number of nitrogens with two attached hydrogens (primary N) is 2. The van der Waals surface area contributed by atoms with Crippen molar-refractivity contribution >= 4 is 16.9 Å². The van der Waals surface area contributed by atoms with Crippen LogP contribution in [0.25, 0.3) is 22.3 Å². The van der Waals surface area contributed by atoms with Gasteiger partial charge in [0.15, 0.2) is 11.7 Å². The standard InChI is InChI=1S/C18H17N3O6/c19-18(20)21-4-3-8-5-9(22)1-2-11(8)17-16(26)15(25)14-12(24)6-10(23)7-13(14)27-17/h1-2,5-7,22-24,26H,3-4H2,(H4,19,20,21). The second-order valence-electron chi connectivity index (χ2n) is 5.84. The third-order valence-electron chi connectivity index (χ3n) is 3.94. The predicted octanol–water partition coefficient (Wildman–Crippen LogP) is 1.10. The van der Waals surface area contributed by atoms with Crippen LogP contribution < -0.4 is 16.9 Å². The lowest BCUT2D eigenvalue weighted by Crippen LogP contribution is -2.23. The number of aromatic hydroxyl groups is 4. The number of guanidine groups is 1. The number of fused-ring (bicyclic) bond motifs is 1. The fourth-order valence-electron chi connectivity index (χ4n) is 2.77. The van der Waals surface area contributed by atoms with E-state index in [2.05, 4.69) is 4.99 Å². The van der Waals surface area contributed by atoms with Crippen LogP contribution in [0.1, 0.15) is 5.56 Å². The number of aliphatic imine (C=N–C) groups is 1. The summed E-state index contributed by atoms with van der Waals surface area (Å²) in [6.45, 7) is 0.207. The van der Waals surface area contributed by atoms with Crippen LogP contribution in [0.3, 0.4) is 0 Å². The lowest BCUT2D eigenvalue weighted by Gasteiger charge is -2.11. The van der Waals surface area contributed by atoms with Crippen LogP contribution in [0.15, 0.2) is 44.5 Å². The molecule has 0 fully saturated rings. The molecular weight excluding hydrogens is 354 g/mol. The predicted molar refractivity (Wildman–Crippen MR) is 99.0 cm³/mol. The SMILES string of the molecule is NC(N)=NCCc1cc(O)ccc1-c1oc2cc(O)cc(O)c2c(=O)c1O. The summed E-state index contributed by atoms with van der Waals surface area (Å²) in [6.07, 6.45) is 0.286. The molecule has 9 nitrogen and oxygen atoms in total. The van der Waals surface area contributed by atoms with Crippen LogP contribution in [0.4, 0.5) is 0 Å². The molecule has 0 bridgehead atoms. The van der Waals surface area contributed by atoms with Crippen LogP contribution in [0.5, 0.6) is 23.0 Å². The minimum atomic E-state index is -0.855. The van der Waals surface area contributed by atoms with Gasteiger partial charge in [0.2, 0.25) is 11.2 Å². The molecule has 8 N–H and O–H groups in total. The quantitative estimate of drug-likeness (QED) is 0.292. The number of hydrogen-bond acceptors (Lipinski definition) is 7. The van der Waals surface area contributed by atoms with Crippen molar-refractivity contribution in [2.45, 2.75) is 6.42 Å². The van der Waals surface area contributed by atoms with Crippen molar-refractivity contribution in [1.29, 1.82) is 0 Å². The molecule has 27 heavy (non-hydrogen) atoms. The van der Waals surface area contributed by atoms with E-state index in [1.807, 2.05) is 0 Å². The normalized spacial score (nSPS) is 10.8. The lowest BCUT2D eigenvalue weighted by molar-refractivity contribution is 0.438. The van der Waals surface area contributed by atoms with Gasteiger partial charge in [-0.2, -0.15) is 0 Å². The first-order valence-electron chi connectivity index (χ1n) is 7.87. The van der Waals surface area contributed by atoms with Crippen molar-refractivity contribution in [3.63, 3.8) is 0 Å². The third-order valence-corrected chi connectivity index (χ3v) is 3.94. The highest BCUT2D eigenvalue weighted by atomic mass is 16.4. The largest absolute Gasteiger partial charge is 0.508 e. The molecule has 140 valence electrons. The Hall–Kier alpha value is -3.88. The Balaban J connectivity index is 2.22. The van der Waals surface area contributed by atoms with Gasteiger partial charge in [-0.1, -0.05) is 0 Å². The van der Waals surface area contributed by atoms with Gasteiger partial charge in [-0.25, -0.2) is 0 Å². The number of hydrogen-bond donors (Lipinski definition) is 6. The molecule has 0 amide bonds. The second kappa shape index (κ2) is 6.79. The van der Waals surface area contributed by atoms with E-state index in [9.17, 15) is 25.2 Å². The van der Waals surface area contributed by atoms with Gasteiger partial charge in [-0.3, -0.25) is 9.79 Å². The Bertz CT molecular complexity index is 1120. The highest BCUT2D eigenvalue weighted by molar-refractivity contribution is 5.88. The van der Waals surface area contributed by atoms with Gasteiger partial charge in [-0.05, 0) is 30.2 Å². The van der Waals surface area contributed by atoms with E-state index in [1.165, 1.54) is 18.2 Å². The van der Waals surface area contributed by atoms with Crippen molar-refractivity contribution in [3.8, 4) is 34.3 Å². The molecular formula is C18H17N3O6. The Morgan fingerprint density at radius 1 is 1.04 bits per heavy atom. The molecule has 3 rings (SSSR count). The highest BCUT2D eigenvalue weighted by Crippen LogP contribution is 2.37. The minimum absolute atomic E-state index is 0.0311. The summed E-state index contributed by atoms with van der Waals surface area (Å²) in [4.78, 5) is 16.3. The van der Waals surface area contributed by atoms with E-state index in [-0.39, 0.29) is 47.2 Å². The summed E-state index contributed by atoms with van der Waals surface area (Å²) < 4.78 is 5.59. The van der Waals surface area contributed by atoms with Crippen molar-refractivity contribution < 1.29 is 24.8 Å². The van der Waals surface area contributed by atoms with E-state index in [1.54, 1.807) is 0 Å². The van der Waals surface area contributed by atoms with Gasteiger partial charge in [-0.15, -0.1) is 0 Å². The fourth-order valence-corrected chi connectivity index (χ4v) is 2.77. The minimum Gasteiger partial charge on any atom is -0.508 e. The maximum absolute atomic E-state index is 12.5. The Kier molecular flexibility index (Phi) is 4.51. The first-order valence-corrected chi connectivity index (χ1v) is 7.87. The van der Waals surface area contributed by atoms with Gasteiger partial charge in [0.1, 0.15) is 28.2 Å². The van der Waals surface area contributed by atoms with E-state index >= 15 is 0 Å². The monoisotopic (exact) mass is 371 g/mol. The van der Waals surface area contributed by atoms with E-state index in [0.29, 0.717) is 11.1 Å². The van der Waals surface area contributed by atoms with Crippen LogP contribution in [0.2, 0.25) is 0 Å². The molecule has 1 aromatic heterocycles. The topological polar surface area (TPSA) is 176 Å². The first kappa shape index (κ1) is 17.9. The molecule has 0 saturated carbocycles. The Labute approximate surface area is 152 Å². The van der Waals surface area contributed by atoms with Gasteiger partial charge in [0, 0.05) is 24.2 Å². The molecule has 9 heteroatoms. The van der Waals surface area contributed by atoms with Crippen LogP contribution in [0, 0.1) is 0 Å². The molecule has 0 radical (unpaired) electrons. The lowest BCUT2D eigenvalue weighted by atomic mass is 10.0. The molecule has 0 aliphatic heterocycles. The van der Waals surface area contributed by atoms with Gasteiger partial charge >= 0.3 is 0 Å². The van der Waals surface area contributed by atoms with E-state index in [4.69, 9.17) is 15.9 Å². The summed E-state index contributed by atoms with van der Waals surface area (Å²) in [5, 5.41) is 39.4. The summed E-state index contributed by atoms with van der Waals surface area (Å²) in [5.41, 5.74) is 10.5. The molecule has 3 aromatic rings. The van der Waals surface area contributed by atoms with Gasteiger partial charge < -0.3 is 36.3 Å². The Morgan fingerprint density at radius 2 is 1.78 bits per heavy atom. The number of phenols is 3. The van der Waals surface area contributed by atoms with Crippen molar-refractivity contribution in [2.24, 2.45) is 16.5 Å². The van der Waals surface area contributed by atoms with E-state index < -0.39 is 16.9 Å². The second-order valence-corrected chi connectivity index (χ2v) is 5.84. The number of nitrogens with zero attached hydrogens (tertiary/aromatic N) is 1. The molecule has 0 spiro atoms. The summed E-state index contributed by atoms with van der Waals surface area (Å²) in [5.74, 6) is -1.83. The zero-order chi connectivity index (χ0) is 19.7. The molecule has 0 unspecified atom stereocenters. The van der Waals surface area contributed by atoms with Crippen molar-refractivity contribution in [3.05, 3.63) is 46.1 Å². The van der Waals surface area contributed by atoms with Crippen LogP contribution in [-0.2, 0) is 6.42 Å². The Morgan fingerprint density at radius 3 is 2.48 bits per heavy atom. The van der Waals surface area contributed by atoms with E-state index in [0.717, 1.165) is 12.1 Å². The molecule has 0 aliphatic carbocycles. The molecule has 0 aliphatic rings. The van der Waals surface area contributed by atoms with Crippen LogP contribution >= 0.6 is 0 Å². The summed E-state index contributed by atoms with van der Waals surface area (Å²) >= 11 is 0. The van der Waals surface area contributed by atoms with Crippen LogP contribution in [-0.4, -0.2) is 32.9 Å². The van der Waals surface area contributed by atoms with Crippen molar-refractivity contribution in [1.82, 2.24) is 0 Å². The molecule has 2 aromatic carbocycles. The zero-order valence-electron chi connectivity index (χ0n) is 14.0. The highest BCUT2D eigenvalue weighted by Gasteiger charge is 2.20. The van der Waals surface area contributed by atoms with Gasteiger partial charge in [0.05, 0.1) is 0 Å². The zero-order valence-corrected chi connectivity index (χ0v) is 14.0. The molecule has 1 heterocycles. The smallest absolute Gasteiger partial charge is 0.238 e. The maximum atomic E-state index is 12.5. The summed E-state index contributed by atoms with van der Waals surface area (Å²) in [7, 11) is 0. The third kappa shape index (κ3) is 3.43. The fraction of sp³-hybridized carbons (Fsp3) is 0.111.